The van der Waals surface area contributed by atoms with Crippen LogP contribution in [0.25, 0.3) is 0 Å². The van der Waals surface area contributed by atoms with E-state index in [-0.39, 0.29) is 5.91 Å². The first-order valence-electron chi connectivity index (χ1n) is 6.59. The molecule has 2 rings (SSSR count). The van der Waals surface area contributed by atoms with Gasteiger partial charge in [0.25, 0.3) is 0 Å². The number of hydrogen-bond donors (Lipinski definition) is 1. The second-order valence-corrected chi connectivity index (χ2v) is 4.55. The van der Waals surface area contributed by atoms with Gasteiger partial charge in [-0.1, -0.05) is 23.8 Å². The van der Waals surface area contributed by atoms with E-state index in [4.69, 9.17) is 4.74 Å². The van der Waals surface area contributed by atoms with Gasteiger partial charge in [0.1, 0.15) is 5.75 Å². The Kier molecular flexibility index (Phi) is 5.12. The number of carbonyl (C=O) groups excluding carboxylic acids is 1. The number of pyridine rings is 1. The van der Waals surface area contributed by atoms with Crippen molar-refractivity contribution in [2.45, 2.75) is 19.9 Å². The molecule has 0 bridgehead atoms. The first-order valence-corrected chi connectivity index (χ1v) is 6.59. The van der Waals surface area contributed by atoms with Gasteiger partial charge in [0, 0.05) is 18.9 Å². The molecule has 1 aromatic carbocycles. The van der Waals surface area contributed by atoms with Gasteiger partial charge < -0.3 is 10.1 Å². The minimum Gasteiger partial charge on any atom is -0.493 e. The van der Waals surface area contributed by atoms with Gasteiger partial charge in [0.15, 0.2) is 0 Å². The highest BCUT2D eigenvalue weighted by atomic mass is 16.5. The zero-order valence-corrected chi connectivity index (χ0v) is 11.5. The van der Waals surface area contributed by atoms with E-state index in [1.807, 2.05) is 43.3 Å². The first kappa shape index (κ1) is 14.1. The lowest BCUT2D eigenvalue weighted by atomic mass is 10.2. The van der Waals surface area contributed by atoms with Crippen LogP contribution in [0.5, 0.6) is 5.75 Å². The van der Waals surface area contributed by atoms with Crippen LogP contribution >= 0.6 is 0 Å². The van der Waals surface area contributed by atoms with Crippen LogP contribution in [0.1, 0.15) is 17.5 Å². The van der Waals surface area contributed by atoms with E-state index in [1.165, 1.54) is 5.56 Å². The van der Waals surface area contributed by atoms with Crippen LogP contribution in [0.4, 0.5) is 0 Å². The van der Waals surface area contributed by atoms with Gasteiger partial charge >= 0.3 is 0 Å². The molecule has 1 amide bonds. The van der Waals surface area contributed by atoms with Crippen LogP contribution in [0.15, 0.2) is 48.8 Å². The van der Waals surface area contributed by atoms with E-state index < -0.39 is 0 Å². The monoisotopic (exact) mass is 270 g/mol. The number of amides is 1. The Morgan fingerprint density at radius 1 is 1.25 bits per heavy atom. The fourth-order valence-electron chi connectivity index (χ4n) is 1.69. The maximum absolute atomic E-state index is 11.6. The van der Waals surface area contributed by atoms with Crippen molar-refractivity contribution in [2.24, 2.45) is 0 Å². The number of hydrogen-bond acceptors (Lipinski definition) is 3. The highest BCUT2D eigenvalue weighted by Gasteiger charge is 2.02. The first-order chi connectivity index (χ1) is 9.74. The maximum Gasteiger partial charge on any atom is 0.223 e. The summed E-state index contributed by atoms with van der Waals surface area (Å²) in [4.78, 5) is 15.6. The number of nitrogens with zero attached hydrogens (tertiary/aromatic N) is 1. The van der Waals surface area contributed by atoms with Crippen molar-refractivity contribution in [3.63, 3.8) is 0 Å². The summed E-state index contributed by atoms with van der Waals surface area (Å²) in [6.45, 7) is 2.90. The summed E-state index contributed by atoms with van der Waals surface area (Å²) in [5, 5.41) is 2.84. The summed E-state index contributed by atoms with van der Waals surface area (Å²) in [5.41, 5.74) is 2.17. The molecule has 0 aliphatic rings. The minimum atomic E-state index is -0.0269. The van der Waals surface area contributed by atoms with Gasteiger partial charge in [-0.3, -0.25) is 9.78 Å². The molecule has 0 aliphatic carbocycles. The van der Waals surface area contributed by atoms with Crippen LogP contribution in [-0.4, -0.2) is 17.5 Å². The van der Waals surface area contributed by atoms with E-state index >= 15 is 0 Å². The quantitative estimate of drug-likeness (QED) is 0.877. The van der Waals surface area contributed by atoms with Crippen molar-refractivity contribution in [1.29, 1.82) is 0 Å². The van der Waals surface area contributed by atoms with Crippen molar-refractivity contribution in [1.82, 2.24) is 10.3 Å². The zero-order chi connectivity index (χ0) is 14.2. The lowest BCUT2D eigenvalue weighted by molar-refractivity contribution is -0.121. The normalized spacial score (nSPS) is 10.1. The number of rotatable bonds is 6. The lowest BCUT2D eigenvalue weighted by Crippen LogP contribution is -2.24. The van der Waals surface area contributed by atoms with Gasteiger partial charge in [-0.25, -0.2) is 0 Å². The number of aryl methyl sites for hydroxylation is 1. The second kappa shape index (κ2) is 7.28. The molecule has 2 aromatic rings. The summed E-state index contributed by atoms with van der Waals surface area (Å²) >= 11 is 0. The fourth-order valence-corrected chi connectivity index (χ4v) is 1.69. The predicted molar refractivity (Wildman–Crippen MR) is 77.4 cm³/mol. The molecule has 0 unspecified atom stereocenters. The Morgan fingerprint density at radius 2 is 2.05 bits per heavy atom. The third-order valence-corrected chi connectivity index (χ3v) is 2.83. The Morgan fingerprint density at radius 3 is 2.75 bits per heavy atom. The molecule has 0 atom stereocenters. The highest BCUT2D eigenvalue weighted by Crippen LogP contribution is 2.11. The third-order valence-electron chi connectivity index (χ3n) is 2.83. The standard InChI is InChI=1S/C16H18N2O2/c1-13-4-6-15(7-5-13)20-10-8-16(19)18-12-14-3-2-9-17-11-14/h2-7,9,11H,8,10,12H2,1H3,(H,18,19). The highest BCUT2D eigenvalue weighted by molar-refractivity contribution is 5.75. The van der Waals surface area contributed by atoms with Crippen molar-refractivity contribution in [3.8, 4) is 5.75 Å². The van der Waals surface area contributed by atoms with Crippen molar-refractivity contribution >= 4 is 5.91 Å². The van der Waals surface area contributed by atoms with E-state index in [2.05, 4.69) is 10.3 Å². The molecule has 4 nitrogen and oxygen atoms in total. The van der Waals surface area contributed by atoms with E-state index in [0.717, 1.165) is 11.3 Å². The van der Waals surface area contributed by atoms with Gasteiger partial charge in [0.05, 0.1) is 13.0 Å². The topological polar surface area (TPSA) is 51.2 Å². The Labute approximate surface area is 118 Å². The average Bonchev–Trinajstić information content (AvgIpc) is 2.48. The summed E-state index contributed by atoms with van der Waals surface area (Å²) in [5.74, 6) is 0.761. The Hall–Kier alpha value is -2.36. The van der Waals surface area contributed by atoms with Gasteiger partial charge in [-0.2, -0.15) is 0 Å². The number of aromatic nitrogens is 1. The van der Waals surface area contributed by atoms with Gasteiger partial charge in [-0.15, -0.1) is 0 Å². The van der Waals surface area contributed by atoms with E-state index in [9.17, 15) is 4.79 Å². The Bertz CT molecular complexity index is 538. The van der Waals surface area contributed by atoms with Crippen LogP contribution in [-0.2, 0) is 11.3 Å². The van der Waals surface area contributed by atoms with Crippen molar-refractivity contribution in [3.05, 3.63) is 59.9 Å². The smallest absolute Gasteiger partial charge is 0.223 e. The molecule has 0 spiro atoms. The molecule has 4 heteroatoms. The number of nitrogens with one attached hydrogen (secondary N) is 1. The molecule has 0 aliphatic heterocycles. The molecule has 0 saturated heterocycles. The van der Waals surface area contributed by atoms with Crippen molar-refractivity contribution < 1.29 is 9.53 Å². The van der Waals surface area contributed by atoms with E-state index in [0.29, 0.717) is 19.6 Å². The fraction of sp³-hybridized carbons (Fsp3) is 0.250. The molecule has 0 radical (unpaired) electrons. The number of carbonyl (C=O) groups is 1. The van der Waals surface area contributed by atoms with Crippen LogP contribution in [0.2, 0.25) is 0 Å². The molecule has 104 valence electrons. The molecule has 0 fully saturated rings. The zero-order valence-electron chi connectivity index (χ0n) is 11.5. The maximum atomic E-state index is 11.6. The summed E-state index contributed by atoms with van der Waals surface area (Å²) in [7, 11) is 0. The summed E-state index contributed by atoms with van der Waals surface area (Å²) < 4.78 is 5.51. The summed E-state index contributed by atoms with van der Waals surface area (Å²) in [6.07, 6.45) is 3.79. The molecule has 20 heavy (non-hydrogen) atoms. The minimum absolute atomic E-state index is 0.0269. The molecule has 1 aromatic heterocycles. The second-order valence-electron chi connectivity index (χ2n) is 4.55. The molecule has 0 saturated carbocycles. The van der Waals surface area contributed by atoms with Crippen LogP contribution in [0, 0.1) is 6.92 Å². The Balaban J connectivity index is 1.66. The SMILES string of the molecule is Cc1ccc(OCCC(=O)NCc2cccnc2)cc1. The van der Waals surface area contributed by atoms with E-state index in [1.54, 1.807) is 12.4 Å². The van der Waals surface area contributed by atoms with Crippen molar-refractivity contribution in [2.75, 3.05) is 6.61 Å². The largest absolute Gasteiger partial charge is 0.493 e. The predicted octanol–water partition coefficient (Wildman–Crippen LogP) is 2.48. The van der Waals surface area contributed by atoms with Crippen LogP contribution < -0.4 is 10.1 Å². The number of ether oxygens (including phenoxy) is 1. The summed E-state index contributed by atoms with van der Waals surface area (Å²) in [6, 6.07) is 11.6. The molecule has 1 heterocycles. The van der Waals surface area contributed by atoms with Gasteiger partial charge in [0.2, 0.25) is 5.91 Å². The number of benzene rings is 1. The third kappa shape index (κ3) is 4.72. The van der Waals surface area contributed by atoms with Crippen LogP contribution in [0.3, 0.4) is 0 Å². The average molecular weight is 270 g/mol. The molecular formula is C16H18N2O2. The molecule has 1 N–H and O–H groups in total. The molecular weight excluding hydrogens is 252 g/mol. The van der Waals surface area contributed by atoms with Gasteiger partial charge in [-0.05, 0) is 30.7 Å². The lowest BCUT2D eigenvalue weighted by Gasteiger charge is -2.07.